The van der Waals surface area contributed by atoms with Gasteiger partial charge in [-0.05, 0) is 30.8 Å². The van der Waals surface area contributed by atoms with Gasteiger partial charge < -0.3 is 14.4 Å². The van der Waals surface area contributed by atoms with Crippen LogP contribution in [0.2, 0.25) is 0 Å². The molecular formula is C24H33N5. The lowest BCUT2D eigenvalue weighted by molar-refractivity contribution is 0.205. The van der Waals surface area contributed by atoms with Gasteiger partial charge in [-0.1, -0.05) is 56.3 Å². The van der Waals surface area contributed by atoms with Gasteiger partial charge in [0.15, 0.2) is 0 Å². The smallest absolute Gasteiger partial charge is 0.206 e. The molecule has 1 aromatic heterocycles. The van der Waals surface area contributed by atoms with E-state index in [-0.39, 0.29) is 0 Å². The van der Waals surface area contributed by atoms with Crippen molar-refractivity contribution in [3.8, 4) is 0 Å². The summed E-state index contributed by atoms with van der Waals surface area (Å²) in [5.41, 5.74) is 3.62. The summed E-state index contributed by atoms with van der Waals surface area (Å²) < 4.78 is 2.39. The van der Waals surface area contributed by atoms with Crippen molar-refractivity contribution < 1.29 is 0 Å². The molecule has 2 heterocycles. The lowest BCUT2D eigenvalue weighted by Crippen LogP contribution is -2.49. The topological polar surface area (TPSA) is 27.5 Å². The molecule has 1 aliphatic heterocycles. The number of benzene rings is 2. The number of fused-ring (bicyclic) bond motifs is 1. The van der Waals surface area contributed by atoms with Crippen LogP contribution in [0.25, 0.3) is 11.0 Å². The van der Waals surface area contributed by atoms with Gasteiger partial charge in [-0.25, -0.2) is 4.98 Å². The molecule has 0 aliphatic carbocycles. The molecule has 4 rings (SSSR count). The third kappa shape index (κ3) is 4.62. The summed E-state index contributed by atoms with van der Waals surface area (Å²) in [5.74, 6) is 1.11. The molecule has 3 aromatic rings. The van der Waals surface area contributed by atoms with Gasteiger partial charge in [0.05, 0.1) is 17.6 Å². The first-order chi connectivity index (χ1) is 14.3. The molecule has 1 aliphatic rings. The molecule has 1 fully saturated rings. The summed E-state index contributed by atoms with van der Waals surface area (Å²) in [4.78, 5) is 12.6. The minimum Gasteiger partial charge on any atom is -0.340 e. The lowest BCUT2D eigenvalue weighted by Gasteiger charge is -2.36. The minimum absolute atomic E-state index is 0.860. The Kier molecular flexibility index (Phi) is 6.47. The fourth-order valence-electron chi connectivity index (χ4n) is 4.22. The average molecular weight is 392 g/mol. The molecule has 0 amide bonds. The minimum atomic E-state index is 0.860. The third-order valence-electron chi connectivity index (χ3n) is 6.10. The molecule has 5 nitrogen and oxygen atoms in total. The van der Waals surface area contributed by atoms with E-state index in [1.807, 2.05) is 0 Å². The number of hydrogen-bond donors (Lipinski definition) is 0. The van der Waals surface area contributed by atoms with Gasteiger partial charge in [0.25, 0.3) is 0 Å². The van der Waals surface area contributed by atoms with E-state index in [4.69, 9.17) is 4.98 Å². The van der Waals surface area contributed by atoms with Crippen LogP contribution >= 0.6 is 0 Å². The number of aromatic nitrogens is 2. The maximum Gasteiger partial charge on any atom is 0.206 e. The zero-order chi connectivity index (χ0) is 20.1. The van der Waals surface area contributed by atoms with Gasteiger partial charge in [-0.3, -0.25) is 4.90 Å². The highest BCUT2D eigenvalue weighted by Crippen LogP contribution is 2.25. The van der Waals surface area contributed by atoms with Crippen molar-refractivity contribution in [2.75, 3.05) is 57.3 Å². The molecule has 0 atom stereocenters. The van der Waals surface area contributed by atoms with Gasteiger partial charge in [-0.2, -0.15) is 0 Å². The second-order valence-electron chi connectivity index (χ2n) is 7.83. The van der Waals surface area contributed by atoms with Gasteiger partial charge in [0.1, 0.15) is 0 Å². The number of rotatable bonds is 8. The predicted octanol–water partition coefficient (Wildman–Crippen LogP) is 3.55. The molecule has 5 heteroatoms. The number of anilines is 1. The van der Waals surface area contributed by atoms with Crippen LogP contribution in [-0.4, -0.2) is 71.7 Å². The summed E-state index contributed by atoms with van der Waals surface area (Å²) in [6.45, 7) is 14.3. The number of hydrogen-bond acceptors (Lipinski definition) is 4. The predicted molar refractivity (Wildman–Crippen MR) is 122 cm³/mol. The van der Waals surface area contributed by atoms with Crippen molar-refractivity contribution >= 4 is 17.0 Å². The van der Waals surface area contributed by atoms with E-state index in [9.17, 15) is 0 Å². The van der Waals surface area contributed by atoms with Gasteiger partial charge in [0.2, 0.25) is 5.95 Å². The number of likely N-dealkylation sites (N-methyl/N-ethyl adjacent to an activating group) is 1. The van der Waals surface area contributed by atoms with E-state index in [2.05, 4.69) is 87.7 Å². The van der Waals surface area contributed by atoms with Crippen molar-refractivity contribution in [1.29, 1.82) is 0 Å². The lowest BCUT2D eigenvalue weighted by atomic mass is 10.2. The quantitative estimate of drug-likeness (QED) is 0.587. The van der Waals surface area contributed by atoms with Crippen LogP contribution in [0.5, 0.6) is 0 Å². The number of piperazine rings is 1. The molecule has 0 bridgehead atoms. The normalized spacial score (nSPS) is 15.5. The first-order valence-electron chi connectivity index (χ1n) is 11.0. The molecule has 29 heavy (non-hydrogen) atoms. The maximum absolute atomic E-state index is 5.02. The molecule has 1 saturated heterocycles. The summed E-state index contributed by atoms with van der Waals surface area (Å²) in [6, 6.07) is 19.2. The van der Waals surface area contributed by atoms with Crippen LogP contribution in [0.4, 0.5) is 5.95 Å². The number of nitrogens with zero attached hydrogens (tertiary/aromatic N) is 5. The van der Waals surface area contributed by atoms with E-state index in [0.29, 0.717) is 0 Å². The fraction of sp³-hybridized carbons (Fsp3) is 0.458. The van der Waals surface area contributed by atoms with Crippen LogP contribution in [0, 0.1) is 0 Å². The summed E-state index contributed by atoms with van der Waals surface area (Å²) in [7, 11) is 0. The van der Waals surface area contributed by atoms with Crippen molar-refractivity contribution in [3.05, 3.63) is 60.2 Å². The molecular weight excluding hydrogens is 358 g/mol. The van der Waals surface area contributed by atoms with E-state index in [1.54, 1.807) is 0 Å². The van der Waals surface area contributed by atoms with E-state index in [1.165, 1.54) is 17.6 Å². The average Bonchev–Trinajstić information content (AvgIpc) is 3.14. The number of para-hydroxylation sites is 2. The summed E-state index contributed by atoms with van der Waals surface area (Å²) in [6.07, 6.45) is 0. The SMILES string of the molecule is CCN(CC)CCN1CCN(c2nc3ccccc3n2Cc2ccccc2)CC1. The summed E-state index contributed by atoms with van der Waals surface area (Å²) >= 11 is 0. The molecule has 0 unspecified atom stereocenters. The Bertz CT molecular complexity index is 892. The van der Waals surface area contributed by atoms with Crippen molar-refractivity contribution in [2.24, 2.45) is 0 Å². The zero-order valence-corrected chi connectivity index (χ0v) is 17.8. The molecule has 0 saturated carbocycles. The van der Waals surface area contributed by atoms with Crippen molar-refractivity contribution in [2.45, 2.75) is 20.4 Å². The Morgan fingerprint density at radius 3 is 2.28 bits per heavy atom. The fourth-order valence-corrected chi connectivity index (χ4v) is 4.22. The number of imidazole rings is 1. The Hall–Kier alpha value is -2.37. The third-order valence-corrected chi connectivity index (χ3v) is 6.10. The summed E-state index contributed by atoms with van der Waals surface area (Å²) in [5, 5.41) is 0. The largest absolute Gasteiger partial charge is 0.340 e. The first-order valence-corrected chi connectivity index (χ1v) is 11.0. The van der Waals surface area contributed by atoms with Crippen LogP contribution < -0.4 is 4.90 Å². The first kappa shape index (κ1) is 19.9. The van der Waals surface area contributed by atoms with Crippen molar-refractivity contribution in [3.63, 3.8) is 0 Å². The Balaban J connectivity index is 1.49. The van der Waals surface area contributed by atoms with E-state index < -0.39 is 0 Å². The van der Waals surface area contributed by atoms with Crippen molar-refractivity contribution in [1.82, 2.24) is 19.4 Å². The van der Waals surface area contributed by atoms with E-state index >= 15 is 0 Å². The molecule has 0 spiro atoms. The molecule has 0 radical (unpaired) electrons. The van der Waals surface area contributed by atoms with Crippen LogP contribution in [0.15, 0.2) is 54.6 Å². The van der Waals surface area contributed by atoms with Crippen LogP contribution in [0.1, 0.15) is 19.4 Å². The van der Waals surface area contributed by atoms with Gasteiger partial charge in [-0.15, -0.1) is 0 Å². The Labute approximate surface area is 174 Å². The van der Waals surface area contributed by atoms with Gasteiger partial charge >= 0.3 is 0 Å². The van der Waals surface area contributed by atoms with Crippen LogP contribution in [-0.2, 0) is 6.54 Å². The van der Waals surface area contributed by atoms with E-state index in [0.717, 1.165) is 63.8 Å². The molecule has 0 N–H and O–H groups in total. The standard InChI is InChI=1S/C24H33N5/c1-3-26(4-2)14-15-27-16-18-28(19-17-27)24-25-22-12-8-9-13-23(22)29(24)20-21-10-6-5-7-11-21/h5-13H,3-4,14-20H2,1-2H3. The highest BCUT2D eigenvalue weighted by molar-refractivity contribution is 5.79. The second kappa shape index (κ2) is 9.42. The van der Waals surface area contributed by atoms with Crippen LogP contribution in [0.3, 0.4) is 0 Å². The molecule has 2 aromatic carbocycles. The van der Waals surface area contributed by atoms with Gasteiger partial charge in [0, 0.05) is 39.3 Å². The maximum atomic E-state index is 5.02. The molecule has 154 valence electrons. The Morgan fingerprint density at radius 2 is 1.55 bits per heavy atom. The highest BCUT2D eigenvalue weighted by atomic mass is 15.4. The zero-order valence-electron chi connectivity index (χ0n) is 17.8. The highest BCUT2D eigenvalue weighted by Gasteiger charge is 2.22. The second-order valence-corrected chi connectivity index (χ2v) is 7.83. The Morgan fingerprint density at radius 1 is 0.862 bits per heavy atom. The monoisotopic (exact) mass is 391 g/mol.